The summed E-state index contributed by atoms with van der Waals surface area (Å²) < 4.78 is 0. The van der Waals surface area contributed by atoms with Gasteiger partial charge in [-0.05, 0) is 6.42 Å². The molecule has 2 rings (SSSR count). The second-order valence-corrected chi connectivity index (χ2v) is 2.11. The SMILES string of the molecule is C1=C[C]2C=CCC2=C1.[CH3-].[CH3-].[CH3-].[Pt]. The van der Waals surface area contributed by atoms with Crippen molar-refractivity contribution in [2.45, 2.75) is 6.42 Å². The predicted molar refractivity (Wildman–Crippen MR) is 53.5 cm³/mol. The van der Waals surface area contributed by atoms with Crippen LogP contribution >= 0.6 is 0 Å². The standard InChI is InChI=1S/C8H7.3CH3.Pt/c1-3-7-5-2-6-8(7)4-1;;;;/h1-5H,6H2;3*1H3;/q;3*-1;. The van der Waals surface area contributed by atoms with E-state index in [1.807, 2.05) is 0 Å². The second-order valence-electron chi connectivity index (χ2n) is 2.11. The smallest absolute Gasteiger partial charge is 0.0444 e. The number of allylic oxidation sites excluding steroid dienone is 6. The minimum Gasteiger partial charge on any atom is -0.358 e. The predicted octanol–water partition coefficient (Wildman–Crippen LogP) is 3.37. The van der Waals surface area contributed by atoms with E-state index in [0.717, 1.165) is 6.42 Å². The van der Waals surface area contributed by atoms with E-state index < -0.39 is 0 Å². The minimum absolute atomic E-state index is 0. The Morgan fingerprint density at radius 3 is 2.25 bits per heavy atom. The van der Waals surface area contributed by atoms with Crippen LogP contribution in [0.25, 0.3) is 0 Å². The van der Waals surface area contributed by atoms with Crippen LogP contribution in [0.1, 0.15) is 6.42 Å². The van der Waals surface area contributed by atoms with E-state index in [0.29, 0.717) is 0 Å². The second kappa shape index (κ2) is 7.55. The first-order valence-corrected chi connectivity index (χ1v) is 2.88. The van der Waals surface area contributed by atoms with Gasteiger partial charge in [0, 0.05) is 27.0 Å². The molecule has 0 amide bonds. The molecule has 0 atom stereocenters. The quantitative estimate of drug-likeness (QED) is 0.592. The van der Waals surface area contributed by atoms with Crippen molar-refractivity contribution < 1.29 is 21.1 Å². The van der Waals surface area contributed by atoms with Gasteiger partial charge in [-0.2, -0.15) is 0 Å². The third-order valence-corrected chi connectivity index (χ3v) is 1.58. The Morgan fingerprint density at radius 2 is 1.67 bits per heavy atom. The van der Waals surface area contributed by atoms with Crippen molar-refractivity contribution in [3.63, 3.8) is 0 Å². The fraction of sp³-hybridized carbons (Fsp3) is 0.0909. The maximum Gasteiger partial charge on any atom is 0.0444 e. The van der Waals surface area contributed by atoms with E-state index >= 15 is 0 Å². The molecule has 0 spiro atoms. The Bertz CT molecular complexity index is 187. The van der Waals surface area contributed by atoms with E-state index in [-0.39, 0.29) is 43.3 Å². The van der Waals surface area contributed by atoms with Crippen molar-refractivity contribution in [1.82, 2.24) is 0 Å². The van der Waals surface area contributed by atoms with Gasteiger partial charge in [-0.1, -0.05) is 36.0 Å². The van der Waals surface area contributed by atoms with Crippen LogP contribution in [0.5, 0.6) is 0 Å². The van der Waals surface area contributed by atoms with E-state index in [9.17, 15) is 0 Å². The van der Waals surface area contributed by atoms with Gasteiger partial charge in [0.15, 0.2) is 0 Å². The van der Waals surface area contributed by atoms with Gasteiger partial charge in [-0.3, -0.25) is 0 Å². The molecular formula is C11H16Pt-3. The van der Waals surface area contributed by atoms with E-state index in [1.165, 1.54) is 11.5 Å². The summed E-state index contributed by atoms with van der Waals surface area (Å²) in [5, 5.41) is 0. The van der Waals surface area contributed by atoms with Crippen molar-refractivity contribution in [2.75, 3.05) is 0 Å². The molecule has 2 aliphatic carbocycles. The summed E-state index contributed by atoms with van der Waals surface area (Å²) >= 11 is 0. The molecule has 0 heterocycles. The van der Waals surface area contributed by atoms with Gasteiger partial charge in [0.05, 0.1) is 0 Å². The topological polar surface area (TPSA) is 0 Å². The molecule has 1 radical (unpaired) electrons. The molecule has 0 bridgehead atoms. The summed E-state index contributed by atoms with van der Waals surface area (Å²) in [6, 6.07) is 0. The van der Waals surface area contributed by atoms with E-state index in [4.69, 9.17) is 0 Å². The van der Waals surface area contributed by atoms with E-state index in [2.05, 4.69) is 30.4 Å². The molecular weight excluding hydrogens is 327 g/mol. The number of hydrogen-bond acceptors (Lipinski definition) is 0. The molecule has 0 nitrogen and oxygen atoms in total. The number of fused-ring (bicyclic) bond motifs is 1. The zero-order chi connectivity index (χ0) is 5.40. The first kappa shape index (κ1) is 17.9. The summed E-state index contributed by atoms with van der Waals surface area (Å²) in [5.74, 6) is 1.41. The monoisotopic (exact) mass is 343 g/mol. The number of hydrogen-bond donors (Lipinski definition) is 0. The molecule has 0 unspecified atom stereocenters. The van der Waals surface area contributed by atoms with Crippen molar-refractivity contribution in [3.8, 4) is 0 Å². The molecule has 73 valence electrons. The van der Waals surface area contributed by atoms with Crippen LogP contribution in [-0.2, 0) is 21.1 Å². The fourth-order valence-electron chi connectivity index (χ4n) is 1.13. The summed E-state index contributed by atoms with van der Waals surface area (Å²) in [6.45, 7) is 0. The molecule has 0 aliphatic heterocycles. The first-order valence-electron chi connectivity index (χ1n) is 2.88. The van der Waals surface area contributed by atoms with Crippen LogP contribution in [0.3, 0.4) is 0 Å². The molecule has 0 aromatic carbocycles. The Morgan fingerprint density at radius 1 is 1.00 bits per heavy atom. The summed E-state index contributed by atoms with van der Waals surface area (Å²) in [7, 11) is 0. The molecule has 0 fully saturated rings. The maximum atomic E-state index is 2.20. The van der Waals surface area contributed by atoms with Gasteiger partial charge in [0.25, 0.3) is 0 Å². The van der Waals surface area contributed by atoms with Gasteiger partial charge in [-0.15, -0.1) is 0 Å². The minimum atomic E-state index is 0. The Balaban J connectivity index is -0.000000202. The van der Waals surface area contributed by atoms with Gasteiger partial charge >= 0.3 is 0 Å². The largest absolute Gasteiger partial charge is 0.358 e. The third kappa shape index (κ3) is 3.11. The van der Waals surface area contributed by atoms with Crippen molar-refractivity contribution >= 4 is 0 Å². The Hall–Kier alpha value is -0.0917. The maximum absolute atomic E-state index is 2.20. The molecule has 0 saturated heterocycles. The molecule has 0 saturated carbocycles. The molecule has 2 aliphatic rings. The summed E-state index contributed by atoms with van der Waals surface area (Å²) in [6.07, 6.45) is 11.9. The van der Waals surface area contributed by atoms with Crippen molar-refractivity contribution in [1.29, 1.82) is 0 Å². The van der Waals surface area contributed by atoms with Crippen LogP contribution < -0.4 is 0 Å². The number of rotatable bonds is 0. The van der Waals surface area contributed by atoms with Crippen LogP contribution in [-0.4, -0.2) is 0 Å². The normalized spacial score (nSPS) is 16.2. The molecule has 0 aromatic rings. The average Bonchev–Trinajstić information content (AvgIpc) is 2.15. The molecule has 12 heavy (non-hydrogen) atoms. The average molecular weight is 343 g/mol. The van der Waals surface area contributed by atoms with Gasteiger partial charge in [0.2, 0.25) is 0 Å². The van der Waals surface area contributed by atoms with Crippen LogP contribution in [0, 0.1) is 28.2 Å². The van der Waals surface area contributed by atoms with Crippen LogP contribution in [0.4, 0.5) is 0 Å². The molecule has 0 N–H and O–H groups in total. The van der Waals surface area contributed by atoms with Gasteiger partial charge in [-0.25, -0.2) is 0 Å². The first-order chi connectivity index (χ1) is 3.97. The van der Waals surface area contributed by atoms with Gasteiger partial charge < -0.3 is 22.3 Å². The van der Waals surface area contributed by atoms with Gasteiger partial charge in [0.1, 0.15) is 0 Å². The van der Waals surface area contributed by atoms with Crippen molar-refractivity contribution in [2.24, 2.45) is 0 Å². The third-order valence-electron chi connectivity index (χ3n) is 1.58. The van der Waals surface area contributed by atoms with Crippen LogP contribution in [0.15, 0.2) is 36.0 Å². The molecule has 0 aromatic heterocycles. The molecule has 1 heteroatoms. The van der Waals surface area contributed by atoms with Crippen molar-refractivity contribution in [3.05, 3.63) is 64.2 Å². The summed E-state index contributed by atoms with van der Waals surface area (Å²) in [4.78, 5) is 0. The fourth-order valence-corrected chi connectivity index (χ4v) is 1.13. The summed E-state index contributed by atoms with van der Waals surface area (Å²) in [5.41, 5.74) is 1.48. The van der Waals surface area contributed by atoms with Crippen LogP contribution in [0.2, 0.25) is 0 Å². The zero-order valence-electron chi connectivity index (χ0n) is 7.91. The van der Waals surface area contributed by atoms with E-state index in [1.54, 1.807) is 0 Å². The Labute approximate surface area is 91.7 Å². The zero-order valence-corrected chi connectivity index (χ0v) is 10.2. The Kier molecular flexibility index (Phi) is 11.2.